The van der Waals surface area contributed by atoms with Crippen molar-refractivity contribution in [1.29, 1.82) is 0 Å². The van der Waals surface area contributed by atoms with Gasteiger partial charge in [0.2, 0.25) is 5.91 Å². The summed E-state index contributed by atoms with van der Waals surface area (Å²) in [5, 5.41) is 14.6. The van der Waals surface area contributed by atoms with Gasteiger partial charge in [0.05, 0.1) is 12.0 Å². The number of hydrogen-bond acceptors (Lipinski definition) is 9. The molecule has 0 radical (unpaired) electrons. The molecule has 0 bridgehead atoms. The van der Waals surface area contributed by atoms with Crippen molar-refractivity contribution < 1.29 is 33.8 Å². The highest BCUT2D eigenvalue weighted by atomic mass is 32.1. The Morgan fingerprint density at radius 1 is 1.08 bits per heavy atom. The molecule has 3 rings (SSSR count). The Kier molecular flexibility index (Phi) is 16.4. The minimum Gasteiger partial charge on any atom is -0.481 e. The molecule has 7 atom stereocenters. The summed E-state index contributed by atoms with van der Waals surface area (Å²) in [4.78, 5) is 73.8. The number of ether oxygens (including phenoxy) is 1. The average Bonchev–Trinajstić information content (AvgIpc) is 3.59. The van der Waals surface area contributed by atoms with Crippen molar-refractivity contribution in [3.63, 3.8) is 0 Å². The van der Waals surface area contributed by atoms with Crippen LogP contribution in [-0.2, 0) is 30.3 Å². The number of thiazole rings is 1. The number of benzene rings is 1. The van der Waals surface area contributed by atoms with Crippen LogP contribution in [0.1, 0.15) is 119 Å². The summed E-state index contributed by atoms with van der Waals surface area (Å²) in [5.74, 6) is -3.06. The number of aryl methyl sites for hydroxylation is 1. The topological polar surface area (TPSA) is 146 Å². The van der Waals surface area contributed by atoms with E-state index in [1.165, 1.54) is 18.3 Å². The maximum atomic E-state index is 14.2. The molecule has 0 saturated carbocycles. The fourth-order valence-corrected chi connectivity index (χ4v) is 7.94. The number of hydrogen-bond donors (Lipinski definition) is 2. The van der Waals surface area contributed by atoms with Gasteiger partial charge in [-0.15, -0.1) is 11.3 Å². The molecule has 1 unspecified atom stereocenters. The number of nitrogens with zero attached hydrogens (tertiary/aromatic N) is 3. The first-order valence-electron chi connectivity index (χ1n) is 18.7. The molecule has 12 heteroatoms. The van der Waals surface area contributed by atoms with E-state index >= 15 is 0 Å². The third-order valence-corrected chi connectivity index (χ3v) is 11.6. The predicted octanol–water partition coefficient (Wildman–Crippen LogP) is 6.49. The van der Waals surface area contributed by atoms with Crippen molar-refractivity contribution in [2.45, 2.75) is 124 Å². The van der Waals surface area contributed by atoms with E-state index in [1.807, 2.05) is 65.9 Å². The van der Waals surface area contributed by atoms with Gasteiger partial charge in [-0.1, -0.05) is 77.3 Å². The van der Waals surface area contributed by atoms with Crippen LogP contribution < -0.4 is 5.32 Å². The summed E-state index contributed by atoms with van der Waals surface area (Å²) >= 11 is 1.20. The SMILES string of the molecule is CC[C@H](C)[C@H](CC(=O)[C@H]1CCCCN1C)C(=O)N(C)[C@H](C[C@@H](OC(C)=O)c1nc(C(=O)N[C@@H](Cc2ccc(C)cc2)CC(C)C(=O)O)cs1)C(C)C. The lowest BCUT2D eigenvalue weighted by atomic mass is 9.83. The molecule has 1 fully saturated rings. The molecule has 288 valence electrons. The van der Waals surface area contributed by atoms with Gasteiger partial charge in [0.1, 0.15) is 10.7 Å². The zero-order chi connectivity index (χ0) is 38.7. The van der Waals surface area contributed by atoms with Crippen molar-refractivity contribution in [2.24, 2.45) is 23.7 Å². The van der Waals surface area contributed by atoms with E-state index in [0.717, 1.165) is 43.4 Å². The highest BCUT2D eigenvalue weighted by molar-refractivity contribution is 7.09. The fourth-order valence-electron chi connectivity index (χ4n) is 7.10. The van der Waals surface area contributed by atoms with Crippen LogP contribution in [-0.4, -0.2) is 88.2 Å². The minimum atomic E-state index is -0.939. The van der Waals surface area contributed by atoms with Crippen LogP contribution in [0.3, 0.4) is 0 Å². The number of carboxylic acid groups (broad SMARTS) is 1. The summed E-state index contributed by atoms with van der Waals surface area (Å²) in [6.45, 7) is 13.9. The summed E-state index contributed by atoms with van der Waals surface area (Å²) in [5.41, 5.74) is 2.22. The number of likely N-dealkylation sites (tertiary alicyclic amines) is 1. The van der Waals surface area contributed by atoms with Gasteiger partial charge in [-0.25, -0.2) is 4.98 Å². The van der Waals surface area contributed by atoms with E-state index in [2.05, 4.69) is 15.2 Å². The van der Waals surface area contributed by atoms with E-state index in [0.29, 0.717) is 11.4 Å². The minimum absolute atomic E-state index is 0.00164. The maximum absolute atomic E-state index is 14.2. The standard InChI is InChI=1S/C40H60N4O7S/c1-10-26(5)31(21-35(46)33-13-11-12-18-43(33)8)39(48)44(9)34(24(2)3)22-36(51-28(7)45)38-42-32(23-52-38)37(47)41-30(19-27(6)40(49)50)20-29-16-14-25(4)15-17-29/h14-17,23-24,26-27,30-31,33-34,36H,10-13,18-22H2,1-9H3,(H,41,47)(H,49,50)/t26-,27?,30+,31-,33+,34+,36+/m0/s1. The number of nitrogens with one attached hydrogen (secondary N) is 1. The Morgan fingerprint density at radius 2 is 1.75 bits per heavy atom. The molecule has 1 saturated heterocycles. The lowest BCUT2D eigenvalue weighted by molar-refractivity contribution is -0.149. The number of aliphatic carboxylic acids is 1. The van der Waals surface area contributed by atoms with Crippen LogP contribution in [0, 0.1) is 30.6 Å². The molecule has 2 heterocycles. The lowest BCUT2D eigenvalue weighted by Crippen LogP contribution is -2.48. The second-order valence-electron chi connectivity index (χ2n) is 15.2. The number of aromatic nitrogens is 1. The van der Waals surface area contributed by atoms with Crippen molar-refractivity contribution in [3.8, 4) is 0 Å². The number of Topliss-reactive ketones (excluding diaryl/α,β-unsaturated/α-hetero) is 1. The second-order valence-corrected chi connectivity index (χ2v) is 16.0. The van der Waals surface area contributed by atoms with E-state index in [1.54, 1.807) is 24.3 Å². The number of carbonyl (C=O) groups excluding carboxylic acids is 4. The van der Waals surface area contributed by atoms with Crippen LogP contribution >= 0.6 is 11.3 Å². The van der Waals surface area contributed by atoms with Crippen molar-refractivity contribution >= 4 is 40.9 Å². The summed E-state index contributed by atoms with van der Waals surface area (Å²) in [7, 11) is 3.74. The van der Waals surface area contributed by atoms with E-state index in [9.17, 15) is 29.1 Å². The monoisotopic (exact) mass is 740 g/mol. The molecule has 1 aromatic carbocycles. The molecule has 1 aliphatic rings. The summed E-state index contributed by atoms with van der Waals surface area (Å²) in [6, 6.07) is 6.92. The van der Waals surface area contributed by atoms with Gasteiger partial charge in [0.25, 0.3) is 5.91 Å². The van der Waals surface area contributed by atoms with Crippen LogP contribution in [0.25, 0.3) is 0 Å². The van der Waals surface area contributed by atoms with Crippen LogP contribution in [0.15, 0.2) is 29.6 Å². The normalized spacial score (nSPS) is 18.5. The Balaban J connectivity index is 1.81. The van der Waals surface area contributed by atoms with Crippen molar-refractivity contribution in [1.82, 2.24) is 20.1 Å². The Hall–Kier alpha value is -3.64. The summed E-state index contributed by atoms with van der Waals surface area (Å²) < 4.78 is 5.79. The summed E-state index contributed by atoms with van der Waals surface area (Å²) in [6.07, 6.45) is 3.96. The first kappa shape index (κ1) is 42.8. The first-order valence-corrected chi connectivity index (χ1v) is 19.6. The molecule has 0 aliphatic carbocycles. The van der Waals surface area contributed by atoms with Crippen molar-refractivity contribution in [2.75, 3.05) is 20.6 Å². The van der Waals surface area contributed by atoms with Gasteiger partial charge >= 0.3 is 11.9 Å². The quantitative estimate of drug-likeness (QED) is 0.155. The number of carboxylic acids is 1. The number of piperidine rings is 1. The highest BCUT2D eigenvalue weighted by Gasteiger charge is 2.37. The maximum Gasteiger partial charge on any atom is 0.306 e. The largest absolute Gasteiger partial charge is 0.481 e. The zero-order valence-corrected chi connectivity index (χ0v) is 33.3. The Bertz CT molecular complexity index is 1510. The van der Waals surface area contributed by atoms with Crippen LogP contribution in [0.5, 0.6) is 0 Å². The van der Waals surface area contributed by atoms with Gasteiger partial charge < -0.3 is 20.1 Å². The number of carbonyl (C=O) groups is 5. The molecule has 2 amide bonds. The number of esters is 1. The zero-order valence-electron chi connectivity index (χ0n) is 32.5. The first-order chi connectivity index (χ1) is 24.5. The molecule has 2 aromatic rings. The number of likely N-dealkylation sites (N-methyl/N-ethyl adjacent to an activating group) is 1. The molecule has 11 nitrogen and oxygen atoms in total. The lowest BCUT2D eigenvalue weighted by Gasteiger charge is -2.37. The van der Waals surface area contributed by atoms with Crippen molar-refractivity contribution in [3.05, 3.63) is 51.5 Å². The number of amides is 2. The molecule has 1 aliphatic heterocycles. The number of rotatable bonds is 19. The fraction of sp³-hybridized carbons (Fsp3) is 0.650. The number of ketones is 1. The molecule has 2 N–H and O–H groups in total. The van der Waals surface area contributed by atoms with E-state index in [-0.39, 0.29) is 60.6 Å². The smallest absolute Gasteiger partial charge is 0.306 e. The third-order valence-electron chi connectivity index (χ3n) is 10.6. The second kappa shape index (κ2) is 20.0. The molecular formula is C40H60N4O7S. The van der Waals surface area contributed by atoms with E-state index < -0.39 is 41.8 Å². The van der Waals surface area contributed by atoms with Crippen LogP contribution in [0.4, 0.5) is 0 Å². The molecular weight excluding hydrogens is 681 g/mol. The third kappa shape index (κ3) is 12.2. The average molecular weight is 741 g/mol. The van der Waals surface area contributed by atoms with E-state index in [4.69, 9.17) is 4.74 Å². The molecule has 52 heavy (non-hydrogen) atoms. The van der Waals surface area contributed by atoms with Gasteiger partial charge in [-0.3, -0.25) is 28.9 Å². The van der Waals surface area contributed by atoms with Gasteiger partial charge in [0.15, 0.2) is 11.9 Å². The predicted molar refractivity (Wildman–Crippen MR) is 203 cm³/mol. The Labute approximate surface area is 313 Å². The van der Waals surface area contributed by atoms with Gasteiger partial charge in [0, 0.05) is 50.2 Å². The Morgan fingerprint density at radius 3 is 2.33 bits per heavy atom. The van der Waals surface area contributed by atoms with Crippen LogP contribution in [0.2, 0.25) is 0 Å². The van der Waals surface area contributed by atoms with Gasteiger partial charge in [-0.2, -0.15) is 0 Å². The molecule has 1 aromatic heterocycles. The highest BCUT2D eigenvalue weighted by Crippen LogP contribution is 2.33. The van der Waals surface area contributed by atoms with Gasteiger partial charge in [-0.05, 0) is 63.6 Å². The molecule has 0 spiro atoms.